The number of hydrogen-bond acceptors (Lipinski definition) is 7. The first-order valence-corrected chi connectivity index (χ1v) is 13.1. The Morgan fingerprint density at radius 1 is 0.975 bits per heavy atom. The van der Waals surface area contributed by atoms with E-state index in [9.17, 15) is 4.79 Å². The zero-order valence-electron chi connectivity index (χ0n) is 22.4. The van der Waals surface area contributed by atoms with Crippen molar-refractivity contribution in [1.29, 1.82) is 0 Å². The first-order chi connectivity index (χ1) is 19.5. The maximum Gasteiger partial charge on any atom is 0.253 e. The van der Waals surface area contributed by atoms with E-state index in [4.69, 9.17) is 4.42 Å². The molecule has 4 aromatic heterocycles. The number of H-pyrrole nitrogens is 1. The Morgan fingerprint density at radius 3 is 2.60 bits per heavy atom. The zero-order valence-corrected chi connectivity index (χ0v) is 22.4. The number of benzene rings is 2. The number of aromatic nitrogens is 6. The monoisotopic (exact) mass is 531 g/mol. The molecule has 0 saturated carbocycles. The van der Waals surface area contributed by atoms with Crippen molar-refractivity contribution in [3.63, 3.8) is 0 Å². The molecule has 0 saturated heterocycles. The molecule has 0 bridgehead atoms. The van der Waals surface area contributed by atoms with Gasteiger partial charge >= 0.3 is 0 Å². The lowest BCUT2D eigenvalue weighted by molar-refractivity contribution is 0.179. The van der Waals surface area contributed by atoms with Crippen LogP contribution in [0.4, 0.5) is 0 Å². The van der Waals surface area contributed by atoms with Gasteiger partial charge in [0.15, 0.2) is 5.82 Å². The summed E-state index contributed by atoms with van der Waals surface area (Å²) in [5.41, 5.74) is 5.38. The van der Waals surface area contributed by atoms with Gasteiger partial charge in [-0.2, -0.15) is 0 Å². The Bertz CT molecular complexity index is 1780. The molecule has 0 aliphatic rings. The molecular formula is C31H29N7O2. The van der Waals surface area contributed by atoms with Crippen LogP contribution in [-0.4, -0.2) is 35.1 Å². The van der Waals surface area contributed by atoms with E-state index in [0.717, 1.165) is 38.9 Å². The van der Waals surface area contributed by atoms with Crippen LogP contribution >= 0.6 is 0 Å². The van der Waals surface area contributed by atoms with Gasteiger partial charge in [-0.05, 0) is 76.7 Å². The minimum atomic E-state index is -0.585. The van der Waals surface area contributed by atoms with Crippen molar-refractivity contribution >= 4 is 10.9 Å². The lowest BCUT2D eigenvalue weighted by Crippen LogP contribution is -2.35. The number of pyridine rings is 2. The van der Waals surface area contributed by atoms with Crippen LogP contribution in [0.5, 0.6) is 0 Å². The summed E-state index contributed by atoms with van der Waals surface area (Å²) in [5.74, 6) is 1.33. The van der Waals surface area contributed by atoms with E-state index in [0.29, 0.717) is 31.0 Å². The van der Waals surface area contributed by atoms with Gasteiger partial charge in [-0.25, -0.2) is 4.68 Å². The number of hydrogen-bond donors (Lipinski definition) is 1. The van der Waals surface area contributed by atoms with E-state index in [1.807, 2.05) is 73.8 Å². The fourth-order valence-electron chi connectivity index (χ4n) is 5.25. The minimum Gasteiger partial charge on any atom is -0.468 e. The summed E-state index contributed by atoms with van der Waals surface area (Å²) in [6, 6.07) is 23.3. The molecule has 6 rings (SSSR count). The number of nitrogens with zero attached hydrogens (tertiary/aromatic N) is 6. The Balaban J connectivity index is 1.54. The van der Waals surface area contributed by atoms with Gasteiger partial charge < -0.3 is 9.40 Å². The third-order valence-corrected chi connectivity index (χ3v) is 7.01. The van der Waals surface area contributed by atoms with Crippen LogP contribution in [0.25, 0.3) is 10.9 Å². The standard InChI is InChI=1S/C31H29N7O2/c1-21-14-22(2)28-25(15-21)16-27(31(39)33-28)29(30-34-35-36-38(30)19-23-8-4-3-5-9-23)37(20-26-11-7-13-40-26)18-24-10-6-12-32-17-24/h3-17,29H,18-20H2,1-2H3,(H,33,39). The lowest BCUT2D eigenvalue weighted by Gasteiger charge is -2.30. The third kappa shape index (κ3) is 5.32. The van der Waals surface area contributed by atoms with Gasteiger partial charge in [-0.3, -0.25) is 14.7 Å². The molecule has 4 heterocycles. The number of rotatable bonds is 9. The fourth-order valence-corrected chi connectivity index (χ4v) is 5.25. The van der Waals surface area contributed by atoms with Crippen molar-refractivity contribution in [2.24, 2.45) is 0 Å². The molecule has 1 N–H and O–H groups in total. The highest BCUT2D eigenvalue weighted by molar-refractivity contribution is 5.83. The molecule has 40 heavy (non-hydrogen) atoms. The van der Waals surface area contributed by atoms with Crippen LogP contribution in [0.2, 0.25) is 0 Å². The number of furan rings is 1. The minimum absolute atomic E-state index is 0.186. The molecule has 0 fully saturated rings. The molecule has 2 aromatic carbocycles. The molecule has 0 amide bonds. The number of nitrogens with one attached hydrogen (secondary N) is 1. The molecule has 9 nitrogen and oxygen atoms in total. The van der Waals surface area contributed by atoms with Gasteiger partial charge in [0.05, 0.1) is 24.9 Å². The van der Waals surface area contributed by atoms with Crippen LogP contribution < -0.4 is 5.56 Å². The Hall–Kier alpha value is -4.89. The van der Waals surface area contributed by atoms with E-state index in [1.54, 1.807) is 17.1 Å². The summed E-state index contributed by atoms with van der Waals surface area (Å²) in [6.45, 7) is 5.44. The van der Waals surface area contributed by atoms with Gasteiger partial charge in [0, 0.05) is 24.5 Å². The predicted molar refractivity (Wildman–Crippen MR) is 151 cm³/mol. The van der Waals surface area contributed by atoms with Crippen LogP contribution in [0.1, 0.15) is 45.4 Å². The van der Waals surface area contributed by atoms with Crippen molar-refractivity contribution < 1.29 is 4.42 Å². The van der Waals surface area contributed by atoms with Crippen LogP contribution in [0, 0.1) is 13.8 Å². The highest BCUT2D eigenvalue weighted by Gasteiger charge is 2.31. The number of fused-ring (bicyclic) bond motifs is 1. The second kappa shape index (κ2) is 11.1. The molecule has 0 spiro atoms. The molecule has 1 unspecified atom stereocenters. The van der Waals surface area contributed by atoms with Crippen molar-refractivity contribution in [3.8, 4) is 0 Å². The van der Waals surface area contributed by atoms with Crippen molar-refractivity contribution in [2.45, 2.75) is 39.5 Å². The van der Waals surface area contributed by atoms with Gasteiger partial charge in [0.25, 0.3) is 5.56 Å². The van der Waals surface area contributed by atoms with Gasteiger partial charge in [-0.1, -0.05) is 48.0 Å². The van der Waals surface area contributed by atoms with Gasteiger partial charge in [0.1, 0.15) is 11.8 Å². The second-order valence-corrected chi connectivity index (χ2v) is 10.0. The Kier molecular flexibility index (Phi) is 7.03. The predicted octanol–water partition coefficient (Wildman–Crippen LogP) is 4.96. The van der Waals surface area contributed by atoms with Crippen LogP contribution in [0.3, 0.4) is 0 Å². The summed E-state index contributed by atoms with van der Waals surface area (Å²) in [5, 5.41) is 13.9. The largest absolute Gasteiger partial charge is 0.468 e. The quantitative estimate of drug-likeness (QED) is 0.281. The van der Waals surface area contributed by atoms with E-state index in [-0.39, 0.29) is 5.56 Å². The first-order valence-electron chi connectivity index (χ1n) is 13.1. The van der Waals surface area contributed by atoms with Crippen LogP contribution in [0.15, 0.2) is 101 Å². The maximum absolute atomic E-state index is 13.8. The summed E-state index contributed by atoms with van der Waals surface area (Å²) in [6.07, 6.45) is 5.23. The molecule has 0 aliphatic heterocycles. The van der Waals surface area contributed by atoms with E-state index in [1.165, 1.54) is 0 Å². The average molecular weight is 532 g/mol. The molecule has 0 radical (unpaired) electrons. The van der Waals surface area contributed by atoms with E-state index >= 15 is 0 Å². The average Bonchev–Trinajstić information content (AvgIpc) is 3.63. The summed E-state index contributed by atoms with van der Waals surface area (Å²) < 4.78 is 7.53. The highest BCUT2D eigenvalue weighted by atomic mass is 16.3. The van der Waals surface area contributed by atoms with E-state index in [2.05, 4.69) is 49.4 Å². The van der Waals surface area contributed by atoms with Crippen molar-refractivity contribution in [2.75, 3.05) is 0 Å². The highest BCUT2D eigenvalue weighted by Crippen LogP contribution is 2.31. The molecule has 200 valence electrons. The molecular weight excluding hydrogens is 502 g/mol. The second-order valence-electron chi connectivity index (χ2n) is 10.0. The zero-order chi connectivity index (χ0) is 27.5. The smallest absolute Gasteiger partial charge is 0.253 e. The third-order valence-electron chi connectivity index (χ3n) is 7.01. The van der Waals surface area contributed by atoms with Crippen molar-refractivity contribution in [1.82, 2.24) is 35.1 Å². The Morgan fingerprint density at radius 2 is 1.82 bits per heavy atom. The van der Waals surface area contributed by atoms with Gasteiger partial charge in [0.2, 0.25) is 0 Å². The SMILES string of the molecule is Cc1cc(C)c2[nH]c(=O)c(C(c3nnnn3Cc3ccccc3)N(Cc3cccnc3)Cc3ccco3)cc2c1. The molecule has 9 heteroatoms. The lowest BCUT2D eigenvalue weighted by atomic mass is 10.00. The molecule has 6 aromatic rings. The number of aryl methyl sites for hydroxylation is 2. The number of aromatic amines is 1. The van der Waals surface area contributed by atoms with Crippen molar-refractivity contribution in [3.05, 3.63) is 141 Å². The molecule has 1 atom stereocenters. The van der Waals surface area contributed by atoms with Crippen LogP contribution in [-0.2, 0) is 19.6 Å². The molecule has 0 aliphatic carbocycles. The normalized spacial score (nSPS) is 12.3. The summed E-state index contributed by atoms with van der Waals surface area (Å²) in [4.78, 5) is 23.5. The summed E-state index contributed by atoms with van der Waals surface area (Å²) >= 11 is 0. The van der Waals surface area contributed by atoms with E-state index < -0.39 is 6.04 Å². The fraction of sp³-hybridized carbons (Fsp3) is 0.194. The number of tetrazole rings is 1. The summed E-state index contributed by atoms with van der Waals surface area (Å²) in [7, 11) is 0. The van der Waals surface area contributed by atoms with Gasteiger partial charge in [-0.15, -0.1) is 5.10 Å². The first kappa shape index (κ1) is 25.4. The topological polar surface area (TPSA) is 106 Å². The Labute approximate surface area is 231 Å². The maximum atomic E-state index is 13.8.